The highest BCUT2D eigenvalue weighted by atomic mass is 35.6. The van der Waals surface area contributed by atoms with Crippen LogP contribution in [0.5, 0.6) is 0 Å². The highest BCUT2D eigenvalue weighted by Gasteiger charge is 2.55. The predicted octanol–water partition coefficient (Wildman–Crippen LogP) is 7.86. The fourth-order valence-electron chi connectivity index (χ4n) is 4.89. The smallest absolute Gasteiger partial charge is 0.412 e. The third kappa shape index (κ3) is 8.95. The molecule has 1 amide bonds. The van der Waals surface area contributed by atoms with Gasteiger partial charge in [0.05, 0.1) is 25.9 Å². The number of ether oxygens (including phenoxy) is 4. The molecule has 41 heavy (non-hydrogen) atoms. The van der Waals surface area contributed by atoms with Crippen molar-refractivity contribution >= 4 is 40.9 Å². The largest absolute Gasteiger partial charge is 0.445 e. The number of likely N-dealkylation sites (tertiary alicyclic amines) is 1. The van der Waals surface area contributed by atoms with Gasteiger partial charge in [-0.05, 0) is 23.1 Å². The first-order valence-corrected chi connectivity index (χ1v) is 14.5. The molecule has 1 aliphatic rings. The van der Waals surface area contributed by atoms with E-state index in [0.29, 0.717) is 13.0 Å². The second-order valence-corrected chi connectivity index (χ2v) is 12.3. The second kappa shape index (κ2) is 15.1. The van der Waals surface area contributed by atoms with Crippen molar-refractivity contribution in [3.8, 4) is 0 Å². The summed E-state index contributed by atoms with van der Waals surface area (Å²) in [6.45, 7) is 4.70. The van der Waals surface area contributed by atoms with Crippen molar-refractivity contribution in [2.75, 3.05) is 13.2 Å². The maximum absolute atomic E-state index is 13.6. The molecular formula is C32H34Cl3NO5. The van der Waals surface area contributed by atoms with Gasteiger partial charge in [0, 0.05) is 13.0 Å². The number of carbonyl (C=O) groups excluding carboxylic acids is 1. The first-order valence-electron chi connectivity index (χ1n) is 13.4. The summed E-state index contributed by atoms with van der Waals surface area (Å²) in [6, 6.07) is 29.4. The van der Waals surface area contributed by atoms with Crippen molar-refractivity contribution < 1.29 is 23.7 Å². The van der Waals surface area contributed by atoms with Crippen LogP contribution in [0, 0.1) is 0 Å². The van der Waals surface area contributed by atoms with E-state index < -0.39 is 34.4 Å². The summed E-state index contributed by atoms with van der Waals surface area (Å²) in [6.07, 6.45) is 0.629. The van der Waals surface area contributed by atoms with Crippen molar-refractivity contribution in [2.24, 2.45) is 0 Å². The van der Waals surface area contributed by atoms with E-state index in [4.69, 9.17) is 53.8 Å². The Morgan fingerprint density at radius 1 is 0.854 bits per heavy atom. The van der Waals surface area contributed by atoms with E-state index in [1.54, 1.807) is 6.08 Å². The maximum Gasteiger partial charge on any atom is 0.412 e. The second-order valence-electron chi connectivity index (χ2n) is 9.77. The summed E-state index contributed by atoms with van der Waals surface area (Å²) in [7, 11) is 0. The zero-order valence-corrected chi connectivity index (χ0v) is 24.9. The van der Waals surface area contributed by atoms with E-state index in [2.05, 4.69) is 6.58 Å². The molecule has 3 aromatic rings. The number of hydrogen-bond acceptors (Lipinski definition) is 5. The number of benzene rings is 3. The highest BCUT2D eigenvalue weighted by Crippen LogP contribution is 2.39. The SMILES string of the molecule is C=CC[C@@]1(OCc2ccccc2)C(OCc2ccccc2)C(OCc2ccccc2)CCN1C(=O)OCC(Cl)(Cl)Cl. The van der Waals surface area contributed by atoms with Gasteiger partial charge in [-0.15, -0.1) is 6.58 Å². The van der Waals surface area contributed by atoms with Gasteiger partial charge in [-0.3, -0.25) is 4.90 Å². The standard InChI is InChI=1S/C32H34Cl3NO5/c1-2-19-31(41-23-27-16-10-5-11-17-27)29(39-22-26-14-8-4-9-15-26)28(38-21-25-12-6-3-7-13-25)18-20-36(31)30(37)40-24-32(33,34)35/h2-17,28-29H,1,18-24H2/t28?,29?,31-/m1/s1. The molecule has 3 atom stereocenters. The molecule has 0 aromatic heterocycles. The molecule has 0 aliphatic carbocycles. The van der Waals surface area contributed by atoms with Crippen LogP contribution >= 0.6 is 34.8 Å². The maximum atomic E-state index is 13.6. The molecule has 6 nitrogen and oxygen atoms in total. The Hall–Kier alpha value is -2.58. The average Bonchev–Trinajstić information content (AvgIpc) is 2.98. The van der Waals surface area contributed by atoms with Gasteiger partial charge in [0.2, 0.25) is 3.79 Å². The van der Waals surface area contributed by atoms with Crippen LogP contribution in [0.4, 0.5) is 4.79 Å². The van der Waals surface area contributed by atoms with Gasteiger partial charge < -0.3 is 18.9 Å². The Labute approximate surface area is 256 Å². The lowest BCUT2D eigenvalue weighted by Crippen LogP contribution is -2.68. The normalized spacial score (nSPS) is 20.9. The molecule has 1 saturated heterocycles. The molecule has 0 saturated carbocycles. The molecule has 0 radical (unpaired) electrons. The van der Waals surface area contributed by atoms with Crippen LogP contribution in [0.2, 0.25) is 0 Å². The first kappa shape index (κ1) is 31.4. The average molecular weight is 619 g/mol. The molecule has 3 aromatic carbocycles. The summed E-state index contributed by atoms with van der Waals surface area (Å²) in [5.74, 6) is 0. The lowest BCUT2D eigenvalue weighted by molar-refractivity contribution is -0.272. The van der Waals surface area contributed by atoms with Crippen LogP contribution < -0.4 is 0 Å². The van der Waals surface area contributed by atoms with Crippen molar-refractivity contribution in [3.05, 3.63) is 120 Å². The van der Waals surface area contributed by atoms with E-state index in [9.17, 15) is 4.79 Å². The minimum atomic E-state index is -1.76. The van der Waals surface area contributed by atoms with Gasteiger partial charge >= 0.3 is 6.09 Å². The molecule has 0 spiro atoms. The summed E-state index contributed by atoms with van der Waals surface area (Å²) in [4.78, 5) is 15.1. The van der Waals surface area contributed by atoms with Gasteiger partial charge in [0.25, 0.3) is 0 Å². The minimum absolute atomic E-state index is 0.208. The molecule has 1 heterocycles. The highest BCUT2D eigenvalue weighted by molar-refractivity contribution is 6.67. The number of hydrogen-bond donors (Lipinski definition) is 0. The summed E-state index contributed by atoms with van der Waals surface area (Å²) in [5.41, 5.74) is 1.61. The van der Waals surface area contributed by atoms with Crippen LogP contribution in [0.1, 0.15) is 29.5 Å². The van der Waals surface area contributed by atoms with Crippen molar-refractivity contribution in [1.29, 1.82) is 0 Å². The zero-order chi connectivity index (χ0) is 29.1. The Bertz CT molecular complexity index is 1230. The molecular weight excluding hydrogens is 585 g/mol. The number of amides is 1. The van der Waals surface area contributed by atoms with Crippen molar-refractivity contribution in [1.82, 2.24) is 4.90 Å². The van der Waals surface area contributed by atoms with Crippen LogP contribution in [-0.4, -0.2) is 45.9 Å². The molecule has 9 heteroatoms. The zero-order valence-electron chi connectivity index (χ0n) is 22.7. The van der Waals surface area contributed by atoms with Crippen molar-refractivity contribution in [3.63, 3.8) is 0 Å². The molecule has 4 rings (SSSR count). The lowest BCUT2D eigenvalue weighted by Gasteiger charge is -2.52. The Morgan fingerprint density at radius 3 is 1.88 bits per heavy atom. The topological polar surface area (TPSA) is 57.2 Å². The number of halogens is 3. The molecule has 2 unspecified atom stereocenters. The van der Waals surface area contributed by atoms with E-state index in [0.717, 1.165) is 16.7 Å². The van der Waals surface area contributed by atoms with Crippen LogP contribution in [0.15, 0.2) is 104 Å². The number of rotatable bonds is 12. The van der Waals surface area contributed by atoms with E-state index in [-0.39, 0.29) is 26.2 Å². The monoisotopic (exact) mass is 617 g/mol. The predicted molar refractivity (Wildman–Crippen MR) is 162 cm³/mol. The van der Waals surface area contributed by atoms with Gasteiger partial charge in [-0.2, -0.15) is 0 Å². The molecule has 1 fully saturated rings. The van der Waals surface area contributed by atoms with E-state index >= 15 is 0 Å². The minimum Gasteiger partial charge on any atom is -0.445 e. The van der Waals surface area contributed by atoms with E-state index in [1.165, 1.54) is 4.90 Å². The Balaban J connectivity index is 1.69. The van der Waals surface area contributed by atoms with Gasteiger partial charge in [0.1, 0.15) is 12.7 Å². The summed E-state index contributed by atoms with van der Waals surface area (Å²) in [5, 5.41) is 0. The summed E-state index contributed by atoms with van der Waals surface area (Å²) < 4.78 is 23.5. The lowest BCUT2D eigenvalue weighted by atomic mass is 9.88. The van der Waals surface area contributed by atoms with Gasteiger partial charge in [-0.25, -0.2) is 4.79 Å². The van der Waals surface area contributed by atoms with Crippen LogP contribution in [0.25, 0.3) is 0 Å². The van der Waals surface area contributed by atoms with Gasteiger partial charge in [0.15, 0.2) is 5.72 Å². The van der Waals surface area contributed by atoms with Gasteiger partial charge in [-0.1, -0.05) is 132 Å². The third-order valence-corrected chi connectivity index (χ3v) is 7.13. The Kier molecular flexibility index (Phi) is 11.5. The quantitative estimate of drug-likeness (QED) is 0.153. The van der Waals surface area contributed by atoms with Crippen LogP contribution in [-0.2, 0) is 38.8 Å². The first-order chi connectivity index (χ1) is 19.8. The Morgan fingerprint density at radius 2 is 1.37 bits per heavy atom. The number of nitrogens with zero attached hydrogens (tertiary/aromatic N) is 1. The molecule has 0 bridgehead atoms. The van der Waals surface area contributed by atoms with Crippen molar-refractivity contribution in [2.45, 2.75) is 54.4 Å². The number of alkyl halides is 3. The molecule has 1 aliphatic heterocycles. The number of carbonyl (C=O) groups is 1. The third-order valence-electron chi connectivity index (χ3n) is 6.80. The van der Waals surface area contributed by atoms with Crippen LogP contribution in [0.3, 0.4) is 0 Å². The number of piperidine rings is 1. The molecule has 218 valence electrons. The molecule has 0 N–H and O–H groups in total. The fraction of sp³-hybridized carbons (Fsp3) is 0.344. The summed E-state index contributed by atoms with van der Waals surface area (Å²) >= 11 is 17.7. The fourth-order valence-corrected chi connectivity index (χ4v) is 5.05. The van der Waals surface area contributed by atoms with E-state index in [1.807, 2.05) is 91.0 Å².